The quantitative estimate of drug-likeness (QED) is 0.887. The van der Waals surface area contributed by atoms with Crippen LogP contribution in [0.4, 0.5) is 0 Å². The third kappa shape index (κ3) is 3.16. The third-order valence-corrected chi connectivity index (χ3v) is 4.45. The molecule has 5 heteroatoms. The van der Waals surface area contributed by atoms with Crippen LogP contribution in [0.2, 0.25) is 0 Å². The Morgan fingerprint density at radius 2 is 2.05 bits per heavy atom. The Morgan fingerprint density at radius 1 is 1.30 bits per heavy atom. The molecular formula is C15H19N3OS. The van der Waals surface area contributed by atoms with E-state index in [1.54, 1.807) is 18.4 Å². The van der Waals surface area contributed by atoms with Gasteiger partial charge in [0.2, 0.25) is 0 Å². The van der Waals surface area contributed by atoms with E-state index in [0.717, 1.165) is 28.2 Å². The first-order chi connectivity index (χ1) is 9.76. The predicted octanol–water partition coefficient (Wildman–Crippen LogP) is 3.10. The van der Waals surface area contributed by atoms with Crippen molar-refractivity contribution < 1.29 is 4.74 Å². The molecule has 1 aromatic carbocycles. The predicted molar refractivity (Wildman–Crippen MR) is 79.9 cm³/mol. The molecule has 1 aromatic heterocycles. The molecule has 2 aromatic rings. The Morgan fingerprint density at radius 3 is 2.60 bits per heavy atom. The van der Waals surface area contributed by atoms with Crippen molar-refractivity contribution in [1.29, 1.82) is 0 Å². The van der Waals surface area contributed by atoms with E-state index < -0.39 is 0 Å². The maximum atomic E-state index is 5.22. The van der Waals surface area contributed by atoms with Gasteiger partial charge in [-0.15, -0.1) is 21.5 Å². The minimum atomic E-state index is 0.408. The highest BCUT2D eigenvalue weighted by Gasteiger charge is 2.32. The number of hydrogen-bond donors (Lipinski definition) is 1. The van der Waals surface area contributed by atoms with E-state index in [1.165, 1.54) is 18.4 Å². The van der Waals surface area contributed by atoms with Crippen molar-refractivity contribution in [3.63, 3.8) is 0 Å². The van der Waals surface area contributed by atoms with Gasteiger partial charge in [0.05, 0.1) is 13.7 Å². The molecule has 1 saturated carbocycles. The Balaban J connectivity index is 1.68. The van der Waals surface area contributed by atoms with Crippen molar-refractivity contribution in [1.82, 2.24) is 15.5 Å². The van der Waals surface area contributed by atoms with Gasteiger partial charge in [-0.05, 0) is 43.4 Å². The van der Waals surface area contributed by atoms with Crippen LogP contribution in [0, 0.1) is 12.8 Å². The van der Waals surface area contributed by atoms with Crippen molar-refractivity contribution in [2.45, 2.75) is 32.4 Å². The summed E-state index contributed by atoms with van der Waals surface area (Å²) in [5.74, 6) is 1.65. The zero-order valence-electron chi connectivity index (χ0n) is 11.8. The molecule has 4 nitrogen and oxygen atoms in total. The molecule has 1 N–H and O–H groups in total. The molecule has 0 unspecified atom stereocenters. The first kappa shape index (κ1) is 13.5. The van der Waals surface area contributed by atoms with Gasteiger partial charge in [0.15, 0.2) is 0 Å². The first-order valence-electron chi connectivity index (χ1n) is 6.92. The van der Waals surface area contributed by atoms with Crippen molar-refractivity contribution in [2.75, 3.05) is 7.11 Å². The summed E-state index contributed by atoms with van der Waals surface area (Å²) < 4.78 is 5.22. The van der Waals surface area contributed by atoms with Gasteiger partial charge >= 0.3 is 0 Å². The highest BCUT2D eigenvalue weighted by atomic mass is 32.1. The highest BCUT2D eigenvalue weighted by Crippen LogP contribution is 2.41. The number of nitrogens with one attached hydrogen (secondary N) is 1. The first-order valence-corrected chi connectivity index (χ1v) is 7.74. The minimum absolute atomic E-state index is 0.408. The van der Waals surface area contributed by atoms with Crippen LogP contribution < -0.4 is 10.1 Å². The van der Waals surface area contributed by atoms with E-state index in [2.05, 4.69) is 27.6 Å². The van der Waals surface area contributed by atoms with Gasteiger partial charge in [-0.1, -0.05) is 12.1 Å². The van der Waals surface area contributed by atoms with E-state index in [-0.39, 0.29) is 0 Å². The molecule has 0 radical (unpaired) electrons. The number of aromatic nitrogens is 2. The summed E-state index contributed by atoms with van der Waals surface area (Å²) in [7, 11) is 1.70. The number of ether oxygens (including phenoxy) is 1. The summed E-state index contributed by atoms with van der Waals surface area (Å²) in [6, 6.07) is 8.77. The number of benzene rings is 1. The Hall–Kier alpha value is -1.46. The van der Waals surface area contributed by atoms with E-state index in [4.69, 9.17) is 4.74 Å². The summed E-state index contributed by atoms with van der Waals surface area (Å²) >= 11 is 1.66. The normalized spacial score (nSPS) is 16.1. The summed E-state index contributed by atoms with van der Waals surface area (Å²) in [4.78, 5) is 0. The SMILES string of the molecule is COc1ccc([C@@H](NCc2nnc(C)s2)C2CC2)cc1. The molecule has 0 saturated heterocycles. The average Bonchev–Trinajstić information content (AvgIpc) is 3.22. The number of aryl methyl sites for hydroxylation is 1. The van der Waals surface area contributed by atoms with E-state index in [0.29, 0.717) is 6.04 Å². The smallest absolute Gasteiger partial charge is 0.131 e. The Labute approximate surface area is 123 Å². The highest BCUT2D eigenvalue weighted by molar-refractivity contribution is 7.11. The number of rotatable bonds is 6. The molecule has 20 heavy (non-hydrogen) atoms. The van der Waals surface area contributed by atoms with Crippen LogP contribution in [0.1, 0.15) is 34.5 Å². The lowest BCUT2D eigenvalue weighted by Crippen LogP contribution is -2.22. The van der Waals surface area contributed by atoms with Crippen LogP contribution in [-0.4, -0.2) is 17.3 Å². The number of hydrogen-bond acceptors (Lipinski definition) is 5. The van der Waals surface area contributed by atoms with E-state index in [1.807, 2.05) is 19.1 Å². The van der Waals surface area contributed by atoms with Gasteiger partial charge in [-0.2, -0.15) is 0 Å². The molecule has 1 heterocycles. The summed E-state index contributed by atoms with van der Waals surface area (Å²) in [5.41, 5.74) is 1.33. The maximum absolute atomic E-state index is 5.22. The molecule has 1 atom stereocenters. The Bertz CT molecular complexity index is 563. The van der Waals surface area contributed by atoms with Gasteiger partial charge in [-0.3, -0.25) is 0 Å². The lowest BCUT2D eigenvalue weighted by atomic mass is 10.0. The molecule has 106 valence electrons. The second kappa shape index (κ2) is 5.89. The largest absolute Gasteiger partial charge is 0.497 e. The fourth-order valence-electron chi connectivity index (χ4n) is 2.40. The molecule has 1 aliphatic carbocycles. The molecular weight excluding hydrogens is 270 g/mol. The molecule has 0 amide bonds. The fourth-order valence-corrected chi connectivity index (χ4v) is 3.06. The standard InChI is InChI=1S/C15H19N3OS/c1-10-17-18-14(20-10)9-16-15(11-3-4-11)12-5-7-13(19-2)8-6-12/h5-8,11,15-16H,3-4,9H2,1-2H3/t15-/m0/s1. The van der Waals surface area contributed by atoms with Gasteiger partial charge in [0.1, 0.15) is 15.8 Å². The summed E-state index contributed by atoms with van der Waals surface area (Å²) in [6.45, 7) is 2.78. The maximum Gasteiger partial charge on any atom is 0.131 e. The van der Waals surface area contributed by atoms with E-state index in [9.17, 15) is 0 Å². The zero-order chi connectivity index (χ0) is 13.9. The monoisotopic (exact) mass is 289 g/mol. The average molecular weight is 289 g/mol. The fraction of sp³-hybridized carbons (Fsp3) is 0.467. The second-order valence-corrected chi connectivity index (χ2v) is 6.45. The topological polar surface area (TPSA) is 47.0 Å². The van der Waals surface area contributed by atoms with Crippen molar-refractivity contribution in [2.24, 2.45) is 5.92 Å². The molecule has 0 bridgehead atoms. The molecule has 1 aliphatic rings. The summed E-state index contributed by atoms with van der Waals surface area (Å²) in [6.07, 6.45) is 2.61. The van der Waals surface area contributed by atoms with Crippen molar-refractivity contribution in [3.05, 3.63) is 39.8 Å². The second-order valence-electron chi connectivity index (χ2n) is 5.18. The Kier molecular flexibility index (Phi) is 3.98. The van der Waals surface area contributed by atoms with Crippen LogP contribution in [-0.2, 0) is 6.54 Å². The van der Waals surface area contributed by atoms with E-state index >= 15 is 0 Å². The van der Waals surface area contributed by atoms with Crippen LogP contribution in [0.5, 0.6) is 5.75 Å². The lowest BCUT2D eigenvalue weighted by Gasteiger charge is -2.18. The van der Waals surface area contributed by atoms with Crippen molar-refractivity contribution in [3.8, 4) is 5.75 Å². The molecule has 0 aliphatic heterocycles. The zero-order valence-corrected chi connectivity index (χ0v) is 12.6. The van der Waals surface area contributed by atoms with Crippen LogP contribution in [0.15, 0.2) is 24.3 Å². The number of methoxy groups -OCH3 is 1. The number of nitrogens with zero attached hydrogens (tertiary/aromatic N) is 2. The van der Waals surface area contributed by atoms with Crippen LogP contribution in [0.3, 0.4) is 0 Å². The van der Waals surface area contributed by atoms with Gasteiger partial charge in [0, 0.05) is 6.04 Å². The molecule has 0 spiro atoms. The molecule has 3 rings (SSSR count). The minimum Gasteiger partial charge on any atom is -0.497 e. The van der Waals surface area contributed by atoms with Crippen LogP contribution in [0.25, 0.3) is 0 Å². The van der Waals surface area contributed by atoms with Gasteiger partial charge in [0.25, 0.3) is 0 Å². The third-order valence-electron chi connectivity index (χ3n) is 3.61. The van der Waals surface area contributed by atoms with Crippen LogP contribution >= 0.6 is 11.3 Å². The lowest BCUT2D eigenvalue weighted by molar-refractivity contribution is 0.413. The van der Waals surface area contributed by atoms with Crippen molar-refractivity contribution >= 4 is 11.3 Å². The van der Waals surface area contributed by atoms with Gasteiger partial charge < -0.3 is 10.1 Å². The summed E-state index contributed by atoms with van der Waals surface area (Å²) in [5, 5.41) is 13.9. The molecule has 1 fully saturated rings. The van der Waals surface area contributed by atoms with Gasteiger partial charge in [-0.25, -0.2) is 0 Å².